The van der Waals surface area contributed by atoms with Crippen LogP contribution in [-0.2, 0) is 0 Å². The lowest BCUT2D eigenvalue weighted by Gasteiger charge is -2.13. The molecule has 1 aliphatic carbocycles. The molecule has 0 radical (unpaired) electrons. The molecule has 0 unspecified atom stereocenters. The molecule has 1 aliphatic rings. The van der Waals surface area contributed by atoms with Gasteiger partial charge in [-0.1, -0.05) is 15.9 Å². The van der Waals surface area contributed by atoms with E-state index < -0.39 is 5.82 Å². The molecule has 1 fully saturated rings. The number of ketones is 1. The molecule has 2 rings (SSSR count). The first-order valence-electron chi connectivity index (χ1n) is 5.23. The van der Waals surface area contributed by atoms with Gasteiger partial charge >= 0.3 is 0 Å². The summed E-state index contributed by atoms with van der Waals surface area (Å²) >= 11 is 3.26. The largest absolute Gasteiger partial charge is 0.319 e. The van der Waals surface area contributed by atoms with Gasteiger partial charge in [0.25, 0.3) is 0 Å². The van der Waals surface area contributed by atoms with Crippen LogP contribution in [-0.4, -0.2) is 19.4 Å². The molecule has 1 saturated carbocycles. The van der Waals surface area contributed by atoms with Crippen molar-refractivity contribution in [3.63, 3.8) is 0 Å². The normalized spacial score (nSPS) is 17.2. The van der Waals surface area contributed by atoms with Crippen LogP contribution in [0.1, 0.15) is 23.2 Å². The number of hydrogen-bond donors (Lipinski definition) is 1. The Morgan fingerprint density at radius 2 is 2.25 bits per heavy atom. The van der Waals surface area contributed by atoms with Crippen molar-refractivity contribution in [2.45, 2.75) is 12.8 Å². The molecule has 0 aromatic heterocycles. The van der Waals surface area contributed by atoms with Crippen molar-refractivity contribution in [2.75, 3.05) is 13.6 Å². The number of hydrogen-bond acceptors (Lipinski definition) is 2. The van der Waals surface area contributed by atoms with E-state index in [2.05, 4.69) is 21.2 Å². The van der Waals surface area contributed by atoms with E-state index in [0.29, 0.717) is 6.54 Å². The maximum Gasteiger partial charge on any atom is 0.173 e. The Labute approximate surface area is 102 Å². The quantitative estimate of drug-likeness (QED) is 0.862. The van der Waals surface area contributed by atoms with Gasteiger partial charge in [0.15, 0.2) is 5.78 Å². The molecule has 1 aromatic carbocycles. The average Bonchev–Trinajstić information content (AvgIpc) is 3.02. The highest BCUT2D eigenvalue weighted by molar-refractivity contribution is 9.10. The van der Waals surface area contributed by atoms with Gasteiger partial charge in [0.1, 0.15) is 5.82 Å². The minimum Gasteiger partial charge on any atom is -0.319 e. The molecule has 2 nitrogen and oxygen atoms in total. The smallest absolute Gasteiger partial charge is 0.173 e. The monoisotopic (exact) mass is 285 g/mol. The zero-order chi connectivity index (χ0) is 11.8. The molecule has 4 heteroatoms. The van der Waals surface area contributed by atoms with Crippen LogP contribution in [0.3, 0.4) is 0 Å². The fraction of sp³-hybridized carbons (Fsp3) is 0.417. The maximum atomic E-state index is 13.6. The number of nitrogens with one attached hydrogen (secondary N) is 1. The van der Waals surface area contributed by atoms with E-state index >= 15 is 0 Å². The SMILES string of the molecule is CNCC1(C(=O)c2cc(Br)ccc2F)CC1. The Bertz CT molecular complexity index is 429. The van der Waals surface area contributed by atoms with E-state index in [0.717, 1.165) is 17.3 Å². The summed E-state index contributed by atoms with van der Waals surface area (Å²) in [5.74, 6) is -0.517. The van der Waals surface area contributed by atoms with Gasteiger partial charge in [0, 0.05) is 16.4 Å². The number of carbonyl (C=O) groups excluding carboxylic acids is 1. The predicted molar refractivity (Wildman–Crippen MR) is 64.0 cm³/mol. The van der Waals surface area contributed by atoms with Gasteiger partial charge in [-0.3, -0.25) is 4.79 Å². The average molecular weight is 286 g/mol. The second kappa shape index (κ2) is 4.26. The lowest BCUT2D eigenvalue weighted by Crippen LogP contribution is -2.28. The number of halogens is 2. The molecule has 1 N–H and O–H groups in total. The Kier molecular flexibility index (Phi) is 3.13. The van der Waals surface area contributed by atoms with Crippen molar-refractivity contribution in [1.82, 2.24) is 5.32 Å². The highest BCUT2D eigenvalue weighted by Crippen LogP contribution is 2.48. The first kappa shape index (κ1) is 11.7. The van der Waals surface area contributed by atoms with Gasteiger partial charge < -0.3 is 5.32 Å². The lowest BCUT2D eigenvalue weighted by atomic mass is 9.94. The third-order valence-corrected chi connectivity index (χ3v) is 3.52. The Morgan fingerprint density at radius 1 is 1.56 bits per heavy atom. The van der Waals surface area contributed by atoms with Crippen molar-refractivity contribution in [3.05, 3.63) is 34.1 Å². The van der Waals surface area contributed by atoms with E-state index in [9.17, 15) is 9.18 Å². The summed E-state index contributed by atoms with van der Waals surface area (Å²) in [5.41, 5.74) is -0.168. The number of carbonyl (C=O) groups is 1. The van der Waals surface area contributed by atoms with E-state index in [1.54, 1.807) is 12.1 Å². The van der Waals surface area contributed by atoms with Crippen LogP contribution >= 0.6 is 15.9 Å². The van der Waals surface area contributed by atoms with Crippen molar-refractivity contribution in [2.24, 2.45) is 5.41 Å². The fourth-order valence-electron chi connectivity index (χ4n) is 1.93. The van der Waals surface area contributed by atoms with E-state index in [1.165, 1.54) is 6.07 Å². The summed E-state index contributed by atoms with van der Waals surface area (Å²) in [7, 11) is 1.81. The van der Waals surface area contributed by atoms with Gasteiger partial charge in [-0.2, -0.15) is 0 Å². The predicted octanol–water partition coefficient (Wildman–Crippen LogP) is 2.77. The molecule has 16 heavy (non-hydrogen) atoms. The van der Waals surface area contributed by atoms with E-state index in [4.69, 9.17) is 0 Å². The second-order valence-electron chi connectivity index (χ2n) is 4.26. The van der Waals surface area contributed by atoms with Gasteiger partial charge in [-0.25, -0.2) is 4.39 Å². The molecule has 0 amide bonds. The minimum atomic E-state index is -0.435. The van der Waals surface area contributed by atoms with Crippen LogP contribution in [0.15, 0.2) is 22.7 Å². The summed E-state index contributed by atoms with van der Waals surface area (Å²) in [6.07, 6.45) is 1.69. The third-order valence-electron chi connectivity index (χ3n) is 3.02. The summed E-state index contributed by atoms with van der Waals surface area (Å²) in [4.78, 5) is 12.2. The minimum absolute atomic E-state index is 0.0827. The lowest BCUT2D eigenvalue weighted by molar-refractivity contribution is 0.0896. The van der Waals surface area contributed by atoms with Crippen molar-refractivity contribution < 1.29 is 9.18 Å². The summed E-state index contributed by atoms with van der Waals surface area (Å²) in [6.45, 7) is 0.623. The first-order valence-corrected chi connectivity index (χ1v) is 6.03. The highest BCUT2D eigenvalue weighted by atomic mass is 79.9. The maximum absolute atomic E-state index is 13.6. The zero-order valence-corrected chi connectivity index (χ0v) is 10.6. The molecular weight excluding hydrogens is 273 g/mol. The number of benzene rings is 1. The zero-order valence-electron chi connectivity index (χ0n) is 9.02. The Hall–Kier alpha value is -0.740. The van der Waals surface area contributed by atoms with Gasteiger partial charge in [0.05, 0.1) is 5.56 Å². The van der Waals surface area contributed by atoms with Gasteiger partial charge in [-0.15, -0.1) is 0 Å². The molecule has 0 bridgehead atoms. The summed E-state index contributed by atoms with van der Waals surface area (Å²) in [5, 5.41) is 3.00. The Morgan fingerprint density at radius 3 is 2.81 bits per heavy atom. The molecule has 0 heterocycles. The van der Waals surface area contributed by atoms with Crippen molar-refractivity contribution >= 4 is 21.7 Å². The molecule has 1 aromatic rings. The van der Waals surface area contributed by atoms with Crippen molar-refractivity contribution in [1.29, 1.82) is 0 Å². The standard InChI is InChI=1S/C12H13BrFNO/c1-15-7-12(4-5-12)11(16)9-6-8(13)2-3-10(9)14/h2-3,6,15H,4-5,7H2,1H3. The van der Waals surface area contributed by atoms with Gasteiger partial charge in [0.2, 0.25) is 0 Å². The third kappa shape index (κ3) is 2.04. The topological polar surface area (TPSA) is 29.1 Å². The second-order valence-corrected chi connectivity index (χ2v) is 5.18. The Balaban J connectivity index is 2.30. The highest BCUT2D eigenvalue weighted by Gasteiger charge is 2.49. The first-order chi connectivity index (χ1) is 7.59. The van der Waals surface area contributed by atoms with Gasteiger partial charge in [-0.05, 0) is 38.1 Å². The van der Waals surface area contributed by atoms with Crippen LogP contribution in [0.2, 0.25) is 0 Å². The summed E-state index contributed by atoms with van der Waals surface area (Å²) in [6, 6.07) is 4.49. The van der Waals surface area contributed by atoms with Crippen LogP contribution in [0.4, 0.5) is 4.39 Å². The van der Waals surface area contributed by atoms with E-state index in [-0.39, 0.29) is 16.8 Å². The van der Waals surface area contributed by atoms with Crippen LogP contribution < -0.4 is 5.32 Å². The fourth-order valence-corrected chi connectivity index (χ4v) is 2.29. The molecule has 0 aliphatic heterocycles. The molecular formula is C12H13BrFNO. The van der Waals surface area contributed by atoms with E-state index in [1.807, 2.05) is 7.05 Å². The summed E-state index contributed by atoms with van der Waals surface area (Å²) < 4.78 is 14.3. The molecule has 0 atom stereocenters. The van der Waals surface area contributed by atoms with Crippen molar-refractivity contribution in [3.8, 4) is 0 Å². The number of rotatable bonds is 4. The molecule has 0 saturated heterocycles. The van der Waals surface area contributed by atoms with Crippen LogP contribution in [0.25, 0.3) is 0 Å². The number of Topliss-reactive ketones (excluding diaryl/α,β-unsaturated/α-hetero) is 1. The molecule has 86 valence electrons. The van der Waals surface area contributed by atoms with Crippen LogP contribution in [0, 0.1) is 11.2 Å². The van der Waals surface area contributed by atoms with Crippen LogP contribution in [0.5, 0.6) is 0 Å². The molecule has 0 spiro atoms.